The van der Waals surface area contributed by atoms with Crippen LogP contribution in [0.1, 0.15) is 13.3 Å². The normalized spacial score (nSPS) is 24.3. The molecule has 0 saturated carbocycles. The lowest BCUT2D eigenvalue weighted by Gasteiger charge is -2.15. The zero-order chi connectivity index (χ0) is 11.7. The van der Waals surface area contributed by atoms with Crippen molar-refractivity contribution in [2.24, 2.45) is 5.92 Å². The number of rotatable bonds is 3. The van der Waals surface area contributed by atoms with Crippen molar-refractivity contribution in [1.29, 1.82) is 0 Å². The van der Waals surface area contributed by atoms with E-state index < -0.39 is 0 Å². The van der Waals surface area contributed by atoms with Gasteiger partial charge in [-0.2, -0.15) is 0 Å². The molecule has 2 atom stereocenters. The molecule has 3 rings (SSSR count). The van der Waals surface area contributed by atoms with Gasteiger partial charge in [0.1, 0.15) is 12.1 Å². The van der Waals surface area contributed by atoms with Gasteiger partial charge in [0.25, 0.3) is 0 Å². The number of hydrogen-bond donors (Lipinski definition) is 1. The predicted molar refractivity (Wildman–Crippen MR) is 69.4 cm³/mol. The smallest absolute Gasteiger partial charge is 0.147 e. The van der Waals surface area contributed by atoms with Crippen LogP contribution in [-0.4, -0.2) is 29.2 Å². The number of nitrogens with one attached hydrogen (secondary N) is 1. The highest BCUT2D eigenvalue weighted by Gasteiger charge is 2.24. The summed E-state index contributed by atoms with van der Waals surface area (Å²) in [7, 11) is 0. The molecule has 1 aliphatic rings. The fourth-order valence-corrected chi connectivity index (χ4v) is 3.00. The second-order valence-corrected chi connectivity index (χ2v) is 5.28. The molecule has 17 heavy (non-hydrogen) atoms. The Kier molecular flexibility index (Phi) is 2.94. The average molecular weight is 249 g/mol. The van der Waals surface area contributed by atoms with Gasteiger partial charge >= 0.3 is 0 Å². The summed E-state index contributed by atoms with van der Waals surface area (Å²) in [5, 5.41) is 5.47. The van der Waals surface area contributed by atoms with Crippen LogP contribution in [0.3, 0.4) is 0 Å². The molecule has 5 heteroatoms. The highest BCUT2D eigenvalue weighted by Crippen LogP contribution is 2.26. The van der Waals surface area contributed by atoms with Crippen molar-refractivity contribution in [2.75, 3.05) is 18.5 Å². The highest BCUT2D eigenvalue weighted by atomic mass is 32.1. The topological polar surface area (TPSA) is 47.0 Å². The fourth-order valence-electron chi connectivity index (χ4n) is 2.19. The zero-order valence-electron chi connectivity index (χ0n) is 9.72. The van der Waals surface area contributed by atoms with Crippen LogP contribution < -0.4 is 5.32 Å². The summed E-state index contributed by atoms with van der Waals surface area (Å²) in [6.45, 7) is 3.94. The Hall–Kier alpha value is -1.20. The largest absolute Gasteiger partial charge is 0.378 e. The lowest BCUT2D eigenvalue weighted by atomic mass is 10.0. The van der Waals surface area contributed by atoms with E-state index in [1.165, 1.54) is 0 Å². The first kappa shape index (κ1) is 10.9. The third kappa shape index (κ3) is 2.12. The van der Waals surface area contributed by atoms with E-state index >= 15 is 0 Å². The molecule has 2 aromatic heterocycles. The van der Waals surface area contributed by atoms with Crippen molar-refractivity contribution in [2.45, 2.75) is 19.4 Å². The van der Waals surface area contributed by atoms with E-state index in [4.69, 9.17) is 4.74 Å². The van der Waals surface area contributed by atoms with Gasteiger partial charge in [0.2, 0.25) is 0 Å². The standard InChI is InChI=1S/C12H15N3OS/c1-8-9(2-4-16-8)6-13-12-11-10(3-5-17-11)14-7-15-12/h3,5,7-9H,2,4,6H2,1H3,(H,13,14,15). The first-order chi connectivity index (χ1) is 8.34. The van der Waals surface area contributed by atoms with Crippen LogP contribution in [0.5, 0.6) is 0 Å². The Balaban J connectivity index is 1.74. The lowest BCUT2D eigenvalue weighted by Crippen LogP contribution is -2.21. The summed E-state index contributed by atoms with van der Waals surface area (Å²) < 4.78 is 6.69. The maximum atomic E-state index is 5.56. The number of hydrogen-bond acceptors (Lipinski definition) is 5. The van der Waals surface area contributed by atoms with Gasteiger partial charge in [0.15, 0.2) is 0 Å². The summed E-state index contributed by atoms with van der Waals surface area (Å²) >= 11 is 1.68. The van der Waals surface area contributed by atoms with Crippen molar-refractivity contribution in [3.8, 4) is 0 Å². The molecule has 4 nitrogen and oxygen atoms in total. The molecule has 0 spiro atoms. The molecule has 0 bridgehead atoms. The fraction of sp³-hybridized carbons (Fsp3) is 0.500. The van der Waals surface area contributed by atoms with E-state index in [0.717, 1.165) is 35.6 Å². The van der Waals surface area contributed by atoms with Crippen LogP contribution in [0.15, 0.2) is 17.8 Å². The van der Waals surface area contributed by atoms with E-state index in [1.807, 2.05) is 11.4 Å². The van der Waals surface area contributed by atoms with Gasteiger partial charge in [-0.25, -0.2) is 9.97 Å². The van der Waals surface area contributed by atoms with E-state index in [0.29, 0.717) is 12.0 Å². The Morgan fingerprint density at radius 2 is 2.47 bits per heavy atom. The summed E-state index contributed by atoms with van der Waals surface area (Å²) in [6, 6.07) is 2.02. The van der Waals surface area contributed by atoms with Gasteiger partial charge in [0.05, 0.1) is 16.3 Å². The maximum absolute atomic E-state index is 5.56. The molecule has 1 saturated heterocycles. The second kappa shape index (κ2) is 4.58. The van der Waals surface area contributed by atoms with Crippen LogP contribution >= 0.6 is 11.3 Å². The zero-order valence-corrected chi connectivity index (χ0v) is 10.5. The minimum Gasteiger partial charge on any atom is -0.378 e. The predicted octanol–water partition coefficient (Wildman–Crippen LogP) is 2.53. The molecular weight excluding hydrogens is 234 g/mol. The van der Waals surface area contributed by atoms with Crippen molar-refractivity contribution in [3.63, 3.8) is 0 Å². The second-order valence-electron chi connectivity index (χ2n) is 4.36. The quantitative estimate of drug-likeness (QED) is 0.908. The summed E-state index contributed by atoms with van der Waals surface area (Å²) in [6.07, 6.45) is 3.10. The Morgan fingerprint density at radius 3 is 3.29 bits per heavy atom. The van der Waals surface area contributed by atoms with Gasteiger partial charge in [-0.15, -0.1) is 11.3 Å². The third-order valence-electron chi connectivity index (χ3n) is 3.31. The Bertz CT molecular complexity index is 513. The summed E-state index contributed by atoms with van der Waals surface area (Å²) in [5.41, 5.74) is 1.02. The summed E-state index contributed by atoms with van der Waals surface area (Å²) in [4.78, 5) is 8.54. The Labute approximate surface area is 104 Å². The molecule has 90 valence electrons. The molecule has 3 heterocycles. The average Bonchev–Trinajstić information content (AvgIpc) is 2.95. The van der Waals surface area contributed by atoms with Gasteiger partial charge in [-0.1, -0.05) is 0 Å². The summed E-state index contributed by atoms with van der Waals surface area (Å²) in [5.74, 6) is 1.53. The Morgan fingerprint density at radius 1 is 1.53 bits per heavy atom. The van der Waals surface area contributed by atoms with Crippen molar-refractivity contribution in [1.82, 2.24) is 9.97 Å². The minimum absolute atomic E-state index is 0.350. The van der Waals surface area contributed by atoms with Crippen LogP contribution in [0.25, 0.3) is 10.2 Å². The molecule has 0 radical (unpaired) electrons. The highest BCUT2D eigenvalue weighted by molar-refractivity contribution is 7.17. The molecule has 2 aromatic rings. The molecule has 0 aliphatic carbocycles. The van der Waals surface area contributed by atoms with Crippen LogP contribution in [-0.2, 0) is 4.74 Å². The van der Waals surface area contributed by atoms with Gasteiger partial charge in [0, 0.05) is 19.1 Å². The van der Waals surface area contributed by atoms with E-state index in [2.05, 4.69) is 22.2 Å². The van der Waals surface area contributed by atoms with Crippen LogP contribution in [0, 0.1) is 5.92 Å². The number of aromatic nitrogens is 2. The van der Waals surface area contributed by atoms with E-state index in [9.17, 15) is 0 Å². The minimum atomic E-state index is 0.350. The molecule has 1 aliphatic heterocycles. The molecule has 0 aromatic carbocycles. The maximum Gasteiger partial charge on any atom is 0.147 e. The number of fused-ring (bicyclic) bond motifs is 1. The monoisotopic (exact) mass is 249 g/mol. The molecule has 1 N–H and O–H groups in total. The van der Waals surface area contributed by atoms with Gasteiger partial charge in [-0.3, -0.25) is 0 Å². The van der Waals surface area contributed by atoms with Crippen molar-refractivity contribution in [3.05, 3.63) is 17.8 Å². The lowest BCUT2D eigenvalue weighted by molar-refractivity contribution is 0.108. The van der Waals surface area contributed by atoms with E-state index in [1.54, 1.807) is 17.7 Å². The van der Waals surface area contributed by atoms with Crippen molar-refractivity contribution < 1.29 is 4.74 Å². The number of thiophene rings is 1. The van der Waals surface area contributed by atoms with Crippen molar-refractivity contribution >= 4 is 27.4 Å². The first-order valence-corrected chi connectivity index (χ1v) is 6.76. The molecule has 0 amide bonds. The number of ether oxygens (including phenoxy) is 1. The van der Waals surface area contributed by atoms with Crippen LogP contribution in [0.4, 0.5) is 5.82 Å². The molecule has 1 fully saturated rings. The SMILES string of the molecule is CC1OCCC1CNc1ncnc2ccsc12. The molecular formula is C12H15N3OS. The van der Waals surface area contributed by atoms with Gasteiger partial charge in [-0.05, 0) is 24.8 Å². The number of anilines is 1. The first-order valence-electron chi connectivity index (χ1n) is 5.88. The van der Waals surface area contributed by atoms with E-state index in [-0.39, 0.29) is 0 Å². The number of nitrogens with zero attached hydrogens (tertiary/aromatic N) is 2. The van der Waals surface area contributed by atoms with Gasteiger partial charge < -0.3 is 10.1 Å². The molecule has 2 unspecified atom stereocenters. The van der Waals surface area contributed by atoms with Crippen LogP contribution in [0.2, 0.25) is 0 Å². The third-order valence-corrected chi connectivity index (χ3v) is 4.22.